The van der Waals surface area contributed by atoms with Crippen molar-refractivity contribution in [3.05, 3.63) is 10.4 Å². The Morgan fingerprint density at radius 2 is 2.17 bits per heavy atom. The normalized spacial score (nSPS) is 9.58. The van der Waals surface area contributed by atoms with Gasteiger partial charge in [-0.3, -0.25) is 4.79 Å². The first-order valence-electron chi connectivity index (χ1n) is 4.22. The van der Waals surface area contributed by atoms with Crippen LogP contribution in [0.25, 0.3) is 10.4 Å². The zero-order chi connectivity index (χ0) is 9.40. The molecule has 0 aromatic carbocycles. The SMILES string of the molecule is CC(C)C(=O)CCCCN=[N+]=[N-]. The summed E-state index contributed by atoms with van der Waals surface area (Å²) < 4.78 is 0. The van der Waals surface area contributed by atoms with Crippen molar-refractivity contribution in [2.75, 3.05) is 6.54 Å². The van der Waals surface area contributed by atoms with Gasteiger partial charge in [-0.2, -0.15) is 0 Å². The molecular formula is C8H15N3O. The second-order valence-corrected chi connectivity index (χ2v) is 3.03. The molecule has 0 aromatic heterocycles. The fourth-order valence-electron chi connectivity index (χ4n) is 0.815. The molecule has 0 saturated carbocycles. The van der Waals surface area contributed by atoms with Gasteiger partial charge in [-0.25, -0.2) is 0 Å². The van der Waals surface area contributed by atoms with Crippen LogP contribution in [-0.4, -0.2) is 12.3 Å². The maximum atomic E-state index is 11.1. The monoisotopic (exact) mass is 169 g/mol. The van der Waals surface area contributed by atoms with Crippen molar-refractivity contribution in [3.63, 3.8) is 0 Å². The average Bonchev–Trinajstić information content (AvgIpc) is 2.03. The number of unbranched alkanes of at least 4 members (excludes halogenated alkanes) is 1. The van der Waals surface area contributed by atoms with Gasteiger partial charge in [0.15, 0.2) is 0 Å². The van der Waals surface area contributed by atoms with Crippen LogP contribution < -0.4 is 0 Å². The van der Waals surface area contributed by atoms with E-state index in [4.69, 9.17) is 5.53 Å². The third-order valence-electron chi connectivity index (χ3n) is 1.64. The predicted octanol–water partition coefficient (Wildman–Crippen LogP) is 2.69. The molecule has 4 nitrogen and oxygen atoms in total. The van der Waals surface area contributed by atoms with Gasteiger partial charge >= 0.3 is 0 Å². The second kappa shape index (κ2) is 6.68. The molecule has 0 aliphatic heterocycles. The number of hydrogen-bond donors (Lipinski definition) is 0. The lowest BCUT2D eigenvalue weighted by molar-refractivity contribution is -0.122. The number of Topliss-reactive ketones (excluding diaryl/α,β-unsaturated/α-hetero) is 1. The van der Waals surface area contributed by atoms with Gasteiger partial charge in [-0.05, 0) is 18.4 Å². The molecular weight excluding hydrogens is 154 g/mol. The first-order chi connectivity index (χ1) is 5.68. The zero-order valence-corrected chi connectivity index (χ0v) is 7.66. The topological polar surface area (TPSA) is 65.8 Å². The van der Waals surface area contributed by atoms with E-state index in [-0.39, 0.29) is 11.7 Å². The Morgan fingerprint density at radius 3 is 2.67 bits per heavy atom. The van der Waals surface area contributed by atoms with Crippen molar-refractivity contribution in [1.82, 2.24) is 0 Å². The van der Waals surface area contributed by atoms with E-state index < -0.39 is 0 Å². The first-order valence-corrected chi connectivity index (χ1v) is 4.22. The van der Waals surface area contributed by atoms with Crippen LogP contribution in [0.15, 0.2) is 5.11 Å². The molecule has 0 amide bonds. The minimum Gasteiger partial charge on any atom is -0.299 e. The Labute approximate surface area is 72.6 Å². The number of rotatable bonds is 6. The van der Waals surface area contributed by atoms with Crippen LogP contribution in [0.3, 0.4) is 0 Å². The van der Waals surface area contributed by atoms with Crippen molar-refractivity contribution in [3.8, 4) is 0 Å². The van der Waals surface area contributed by atoms with Gasteiger partial charge in [-0.1, -0.05) is 19.0 Å². The first kappa shape index (κ1) is 11.0. The van der Waals surface area contributed by atoms with Crippen LogP contribution in [0.4, 0.5) is 0 Å². The quantitative estimate of drug-likeness (QED) is 0.261. The summed E-state index contributed by atoms with van der Waals surface area (Å²) in [6, 6.07) is 0. The van der Waals surface area contributed by atoms with Gasteiger partial charge in [0.2, 0.25) is 0 Å². The molecule has 0 saturated heterocycles. The molecule has 0 unspecified atom stereocenters. The molecule has 0 N–H and O–H groups in total. The minimum absolute atomic E-state index is 0.129. The lowest BCUT2D eigenvalue weighted by Gasteiger charge is -2.01. The van der Waals surface area contributed by atoms with Gasteiger partial charge in [0, 0.05) is 23.8 Å². The number of nitrogens with zero attached hydrogens (tertiary/aromatic N) is 3. The number of hydrogen-bond acceptors (Lipinski definition) is 2. The highest BCUT2D eigenvalue weighted by atomic mass is 16.1. The van der Waals surface area contributed by atoms with Gasteiger partial charge in [0.25, 0.3) is 0 Å². The summed E-state index contributed by atoms with van der Waals surface area (Å²) in [5.41, 5.74) is 7.95. The highest BCUT2D eigenvalue weighted by molar-refractivity contribution is 5.80. The van der Waals surface area contributed by atoms with Gasteiger partial charge < -0.3 is 0 Å². The van der Waals surface area contributed by atoms with Crippen molar-refractivity contribution in [2.24, 2.45) is 11.0 Å². The fraction of sp³-hybridized carbons (Fsp3) is 0.875. The van der Waals surface area contributed by atoms with E-state index in [1.165, 1.54) is 0 Å². The van der Waals surface area contributed by atoms with E-state index in [1.54, 1.807) is 0 Å². The largest absolute Gasteiger partial charge is 0.299 e. The van der Waals surface area contributed by atoms with Crippen molar-refractivity contribution >= 4 is 5.78 Å². The van der Waals surface area contributed by atoms with Gasteiger partial charge in [0.05, 0.1) is 0 Å². The van der Waals surface area contributed by atoms with Crippen LogP contribution in [-0.2, 0) is 4.79 Å². The predicted molar refractivity (Wildman–Crippen MR) is 47.7 cm³/mol. The number of carbonyl (C=O) groups excluding carboxylic acids is 1. The summed E-state index contributed by atoms with van der Waals surface area (Å²) in [7, 11) is 0. The van der Waals surface area contributed by atoms with Crippen LogP contribution >= 0.6 is 0 Å². The lowest BCUT2D eigenvalue weighted by atomic mass is 10.0. The summed E-state index contributed by atoms with van der Waals surface area (Å²) in [4.78, 5) is 13.7. The van der Waals surface area contributed by atoms with Crippen LogP contribution in [0, 0.1) is 5.92 Å². The molecule has 68 valence electrons. The molecule has 0 radical (unpaired) electrons. The molecule has 0 spiro atoms. The summed E-state index contributed by atoms with van der Waals surface area (Å²) in [5, 5.41) is 3.38. The summed E-state index contributed by atoms with van der Waals surface area (Å²) in [5.74, 6) is 0.417. The summed E-state index contributed by atoms with van der Waals surface area (Å²) in [6.07, 6.45) is 2.25. The molecule has 0 rings (SSSR count). The third-order valence-corrected chi connectivity index (χ3v) is 1.64. The van der Waals surface area contributed by atoms with Crippen molar-refractivity contribution in [2.45, 2.75) is 33.1 Å². The second-order valence-electron chi connectivity index (χ2n) is 3.03. The standard InChI is InChI=1S/C8H15N3O/c1-7(2)8(12)5-3-4-6-10-11-9/h7H,3-6H2,1-2H3. The van der Waals surface area contributed by atoms with Crippen LogP contribution in [0.2, 0.25) is 0 Å². The Hall–Kier alpha value is -1.02. The van der Waals surface area contributed by atoms with Gasteiger partial charge in [-0.15, -0.1) is 0 Å². The van der Waals surface area contributed by atoms with E-state index in [0.29, 0.717) is 13.0 Å². The molecule has 0 aliphatic rings. The van der Waals surface area contributed by atoms with Gasteiger partial charge in [0.1, 0.15) is 5.78 Å². The minimum atomic E-state index is 0.129. The molecule has 0 heterocycles. The highest BCUT2D eigenvalue weighted by Crippen LogP contribution is 2.03. The van der Waals surface area contributed by atoms with E-state index in [2.05, 4.69) is 10.0 Å². The molecule has 12 heavy (non-hydrogen) atoms. The Kier molecular flexibility index (Phi) is 6.11. The molecule has 0 aliphatic carbocycles. The van der Waals surface area contributed by atoms with Crippen molar-refractivity contribution < 1.29 is 4.79 Å². The van der Waals surface area contributed by atoms with Crippen LogP contribution in [0.5, 0.6) is 0 Å². The van der Waals surface area contributed by atoms with Crippen molar-refractivity contribution in [1.29, 1.82) is 0 Å². The molecule has 0 fully saturated rings. The lowest BCUT2D eigenvalue weighted by Crippen LogP contribution is -2.06. The maximum Gasteiger partial charge on any atom is 0.135 e. The van der Waals surface area contributed by atoms with E-state index >= 15 is 0 Å². The summed E-state index contributed by atoms with van der Waals surface area (Å²) in [6.45, 7) is 4.30. The molecule has 4 heteroatoms. The third kappa shape index (κ3) is 5.74. The van der Waals surface area contributed by atoms with E-state index in [1.807, 2.05) is 13.8 Å². The zero-order valence-electron chi connectivity index (χ0n) is 7.66. The van der Waals surface area contributed by atoms with E-state index in [9.17, 15) is 4.79 Å². The molecule has 0 aromatic rings. The van der Waals surface area contributed by atoms with Crippen LogP contribution in [0.1, 0.15) is 33.1 Å². The molecule has 0 bridgehead atoms. The summed E-state index contributed by atoms with van der Waals surface area (Å²) >= 11 is 0. The number of carbonyl (C=O) groups is 1. The smallest absolute Gasteiger partial charge is 0.135 e. The highest BCUT2D eigenvalue weighted by Gasteiger charge is 2.05. The van der Waals surface area contributed by atoms with E-state index in [0.717, 1.165) is 12.8 Å². The Bertz CT molecular complexity index is 183. The maximum absolute atomic E-state index is 11.1. The average molecular weight is 169 g/mol. The molecule has 0 atom stereocenters. The number of azide groups is 1. The Balaban J connectivity index is 3.31. The Morgan fingerprint density at radius 1 is 1.50 bits per heavy atom. The fourth-order valence-corrected chi connectivity index (χ4v) is 0.815. The number of ketones is 1.